The fourth-order valence-corrected chi connectivity index (χ4v) is 5.62. The first-order valence-corrected chi connectivity index (χ1v) is 14.6. The molecule has 0 aromatic heterocycles. The highest BCUT2D eigenvalue weighted by atomic mass is 19.3. The van der Waals surface area contributed by atoms with Crippen molar-refractivity contribution in [2.75, 3.05) is 19.6 Å². The number of ketones is 1. The minimum absolute atomic E-state index is 0.0415. The Morgan fingerprint density at radius 3 is 2.33 bits per heavy atom. The molecule has 0 radical (unpaired) electrons. The summed E-state index contributed by atoms with van der Waals surface area (Å²) in [5, 5.41) is 3.13. The summed E-state index contributed by atoms with van der Waals surface area (Å²) in [4.78, 5) is 27.2. The van der Waals surface area contributed by atoms with Gasteiger partial charge in [0.15, 0.2) is 0 Å². The Balaban J connectivity index is 1.22. The van der Waals surface area contributed by atoms with Gasteiger partial charge in [0.25, 0.3) is 0 Å². The van der Waals surface area contributed by atoms with Gasteiger partial charge in [-0.25, -0.2) is 13.2 Å². The molecule has 8 heteroatoms. The van der Waals surface area contributed by atoms with E-state index in [1.54, 1.807) is 0 Å². The topological polar surface area (TPSA) is 58.6 Å². The van der Waals surface area contributed by atoms with Crippen LogP contribution in [0.1, 0.15) is 68.9 Å². The highest BCUT2D eigenvalue weighted by Crippen LogP contribution is 2.37. The molecule has 2 fully saturated rings. The zero-order valence-electron chi connectivity index (χ0n) is 23.1. The van der Waals surface area contributed by atoms with Crippen LogP contribution in [-0.4, -0.2) is 54.4 Å². The number of hydrogen-bond donors (Lipinski definition) is 1. The molecule has 0 bridgehead atoms. The van der Waals surface area contributed by atoms with E-state index >= 15 is 0 Å². The van der Waals surface area contributed by atoms with Gasteiger partial charge in [0.2, 0.25) is 11.8 Å². The molecule has 1 saturated carbocycles. The number of unbranched alkanes of at least 4 members (excludes halogenated alkanes) is 1. The molecule has 40 heavy (non-hydrogen) atoms. The SMILES string of the molecule is O=C(CCCCC(=O)C1CCC(F)(F)CC1)NC(Cc1ccc(OCc2ccccc2)cc1)CN1CCC(F)C1. The molecule has 2 aromatic rings. The molecule has 2 unspecified atom stereocenters. The van der Waals surface area contributed by atoms with E-state index in [4.69, 9.17) is 4.74 Å². The van der Waals surface area contributed by atoms with Crippen LogP contribution in [0.4, 0.5) is 13.2 Å². The maximum absolute atomic E-state index is 13.8. The van der Waals surface area contributed by atoms with E-state index in [1.807, 2.05) is 54.6 Å². The Labute approximate surface area is 235 Å². The fraction of sp³-hybridized carbons (Fsp3) is 0.562. The van der Waals surface area contributed by atoms with Crippen molar-refractivity contribution in [1.82, 2.24) is 10.2 Å². The predicted molar refractivity (Wildman–Crippen MR) is 149 cm³/mol. The Morgan fingerprint density at radius 2 is 1.65 bits per heavy atom. The van der Waals surface area contributed by atoms with Crippen molar-refractivity contribution in [3.8, 4) is 5.75 Å². The van der Waals surface area contributed by atoms with Crippen LogP contribution < -0.4 is 10.1 Å². The summed E-state index contributed by atoms with van der Waals surface area (Å²) in [5.74, 6) is -2.19. The number of amides is 1. The number of nitrogens with zero attached hydrogens (tertiary/aromatic N) is 1. The van der Waals surface area contributed by atoms with Crippen molar-refractivity contribution >= 4 is 11.7 Å². The molecule has 0 spiro atoms. The molecular weight excluding hydrogens is 517 g/mol. The molecule has 2 atom stereocenters. The van der Waals surface area contributed by atoms with Crippen molar-refractivity contribution in [2.45, 2.75) is 89.0 Å². The quantitative estimate of drug-likeness (QED) is 0.277. The average Bonchev–Trinajstić information content (AvgIpc) is 3.35. The first-order chi connectivity index (χ1) is 19.3. The molecule has 1 aliphatic carbocycles. The second-order valence-corrected chi connectivity index (χ2v) is 11.3. The zero-order valence-corrected chi connectivity index (χ0v) is 23.1. The van der Waals surface area contributed by atoms with Gasteiger partial charge in [-0.15, -0.1) is 0 Å². The monoisotopic (exact) mass is 558 g/mol. The lowest BCUT2D eigenvalue weighted by Gasteiger charge is -2.27. The lowest BCUT2D eigenvalue weighted by atomic mass is 9.83. The maximum atomic E-state index is 13.8. The summed E-state index contributed by atoms with van der Waals surface area (Å²) < 4.78 is 46.4. The Bertz CT molecular complexity index is 1070. The third kappa shape index (κ3) is 9.95. The molecule has 218 valence electrons. The standard InChI is InChI=1S/C32H41F3N2O3/c33-27-16-19-37(21-27)22-28(20-24-10-12-29(13-11-24)40-23-25-6-2-1-3-7-25)36-31(39)9-5-4-8-30(38)26-14-17-32(34,35)18-15-26/h1-3,6-7,10-13,26-28H,4-5,8-9,14-23H2,(H,36,39). The van der Waals surface area contributed by atoms with E-state index in [0.717, 1.165) is 16.9 Å². The van der Waals surface area contributed by atoms with Crippen LogP contribution in [0.2, 0.25) is 0 Å². The van der Waals surface area contributed by atoms with Crippen LogP contribution in [0.25, 0.3) is 0 Å². The molecule has 2 aliphatic rings. The third-order valence-corrected chi connectivity index (χ3v) is 7.96. The van der Waals surface area contributed by atoms with E-state index < -0.39 is 12.1 Å². The molecule has 1 N–H and O–H groups in total. The lowest BCUT2D eigenvalue weighted by Crippen LogP contribution is -2.44. The van der Waals surface area contributed by atoms with Gasteiger partial charge in [0.05, 0.1) is 0 Å². The van der Waals surface area contributed by atoms with Gasteiger partial charge in [-0.2, -0.15) is 0 Å². The van der Waals surface area contributed by atoms with Crippen LogP contribution in [0, 0.1) is 5.92 Å². The van der Waals surface area contributed by atoms with Crippen molar-refractivity contribution in [3.63, 3.8) is 0 Å². The van der Waals surface area contributed by atoms with Crippen molar-refractivity contribution in [3.05, 3.63) is 65.7 Å². The van der Waals surface area contributed by atoms with Crippen LogP contribution in [0.15, 0.2) is 54.6 Å². The normalized spacial score (nSPS) is 20.2. The first kappa shape index (κ1) is 30.1. The van der Waals surface area contributed by atoms with Gasteiger partial charge in [-0.1, -0.05) is 42.5 Å². The maximum Gasteiger partial charge on any atom is 0.248 e. The van der Waals surface area contributed by atoms with Gasteiger partial charge in [-0.3, -0.25) is 14.5 Å². The van der Waals surface area contributed by atoms with Gasteiger partial charge in [-0.05, 0) is 61.8 Å². The van der Waals surface area contributed by atoms with Gasteiger partial charge < -0.3 is 10.1 Å². The van der Waals surface area contributed by atoms with Crippen LogP contribution >= 0.6 is 0 Å². The van der Waals surface area contributed by atoms with Gasteiger partial charge in [0.1, 0.15) is 24.3 Å². The zero-order chi connectivity index (χ0) is 28.4. The van der Waals surface area contributed by atoms with E-state index in [9.17, 15) is 22.8 Å². The number of rotatable bonds is 14. The molecule has 1 saturated heterocycles. The van der Waals surface area contributed by atoms with Crippen LogP contribution in [-0.2, 0) is 22.6 Å². The van der Waals surface area contributed by atoms with Crippen molar-refractivity contribution < 1.29 is 27.5 Å². The Morgan fingerprint density at radius 1 is 0.950 bits per heavy atom. The second-order valence-electron chi connectivity index (χ2n) is 11.3. The van der Waals surface area contributed by atoms with E-state index in [-0.39, 0.29) is 49.3 Å². The summed E-state index contributed by atoms with van der Waals surface area (Å²) in [5.41, 5.74) is 2.14. The number of nitrogens with one attached hydrogen (secondary N) is 1. The molecule has 1 heterocycles. The first-order valence-electron chi connectivity index (χ1n) is 14.6. The molecule has 4 rings (SSSR count). The third-order valence-electron chi connectivity index (χ3n) is 7.96. The molecule has 1 aliphatic heterocycles. The van der Waals surface area contributed by atoms with E-state index in [0.29, 0.717) is 64.8 Å². The van der Waals surface area contributed by atoms with Gasteiger partial charge >= 0.3 is 0 Å². The Kier molecular flexibility index (Phi) is 11.0. The summed E-state index contributed by atoms with van der Waals surface area (Å²) in [6.45, 7) is 2.12. The number of halogens is 3. The molecule has 5 nitrogen and oxygen atoms in total. The number of alkyl halides is 3. The fourth-order valence-electron chi connectivity index (χ4n) is 5.62. The predicted octanol–water partition coefficient (Wildman–Crippen LogP) is 6.29. The summed E-state index contributed by atoms with van der Waals surface area (Å²) in [7, 11) is 0. The highest BCUT2D eigenvalue weighted by Gasteiger charge is 2.37. The highest BCUT2D eigenvalue weighted by molar-refractivity contribution is 5.81. The smallest absolute Gasteiger partial charge is 0.248 e. The molecule has 1 amide bonds. The van der Waals surface area contributed by atoms with Crippen molar-refractivity contribution in [2.24, 2.45) is 5.92 Å². The average molecular weight is 559 g/mol. The Hall–Kier alpha value is -2.87. The van der Waals surface area contributed by atoms with E-state index in [2.05, 4.69) is 10.2 Å². The number of carbonyl (C=O) groups excluding carboxylic acids is 2. The second kappa shape index (κ2) is 14.7. The number of carbonyl (C=O) groups is 2. The number of hydrogen-bond acceptors (Lipinski definition) is 4. The van der Waals surface area contributed by atoms with E-state index in [1.165, 1.54) is 0 Å². The number of benzene rings is 2. The largest absolute Gasteiger partial charge is 0.489 e. The minimum Gasteiger partial charge on any atom is -0.489 e. The van der Waals surface area contributed by atoms with Gasteiger partial charge in [0, 0.05) is 57.3 Å². The molecular formula is C32H41F3N2O3. The number of ether oxygens (including phenoxy) is 1. The summed E-state index contributed by atoms with van der Waals surface area (Å²) in [6.07, 6.45) is 2.15. The number of Topliss-reactive ketones (excluding diaryl/α,β-unsaturated/α-hetero) is 1. The van der Waals surface area contributed by atoms with Crippen molar-refractivity contribution in [1.29, 1.82) is 0 Å². The molecule has 2 aromatic carbocycles. The minimum atomic E-state index is -2.64. The lowest BCUT2D eigenvalue weighted by molar-refractivity contribution is -0.127. The van der Waals surface area contributed by atoms with Crippen LogP contribution in [0.3, 0.4) is 0 Å². The summed E-state index contributed by atoms with van der Waals surface area (Å²) in [6, 6.07) is 17.6. The number of likely N-dealkylation sites (tertiary alicyclic amines) is 1. The summed E-state index contributed by atoms with van der Waals surface area (Å²) >= 11 is 0. The van der Waals surface area contributed by atoms with Crippen LogP contribution in [0.5, 0.6) is 5.75 Å².